The topological polar surface area (TPSA) is 49.4 Å². The number of sulfonamides is 1. The van der Waals surface area contributed by atoms with E-state index in [2.05, 4.69) is 12.2 Å². The molecular formula is C16H26N2O2S. The van der Waals surface area contributed by atoms with Crippen molar-refractivity contribution < 1.29 is 8.42 Å². The number of benzene rings is 1. The van der Waals surface area contributed by atoms with Crippen molar-refractivity contribution in [2.24, 2.45) is 0 Å². The number of anilines is 1. The lowest BCUT2D eigenvalue weighted by molar-refractivity contribution is 0.484. The quantitative estimate of drug-likeness (QED) is 0.930. The van der Waals surface area contributed by atoms with E-state index < -0.39 is 14.8 Å². The SMILES string of the molecule is CCCNC1CCN(S(=O)(=O)C(C)(C)C)c2ccccc21. The molecule has 1 aromatic rings. The highest BCUT2D eigenvalue weighted by Crippen LogP contribution is 2.37. The van der Waals surface area contributed by atoms with Gasteiger partial charge in [0.05, 0.1) is 10.4 Å². The molecule has 0 saturated heterocycles. The summed E-state index contributed by atoms with van der Waals surface area (Å²) >= 11 is 0. The van der Waals surface area contributed by atoms with Gasteiger partial charge in [0, 0.05) is 12.6 Å². The van der Waals surface area contributed by atoms with Gasteiger partial charge in [0.15, 0.2) is 0 Å². The summed E-state index contributed by atoms with van der Waals surface area (Å²) in [6.45, 7) is 8.90. The Labute approximate surface area is 128 Å². The van der Waals surface area contributed by atoms with Crippen LogP contribution in [0.25, 0.3) is 0 Å². The highest BCUT2D eigenvalue weighted by molar-refractivity contribution is 7.94. The third-order valence-corrected chi connectivity index (χ3v) is 6.41. The van der Waals surface area contributed by atoms with Crippen molar-refractivity contribution in [3.63, 3.8) is 0 Å². The summed E-state index contributed by atoms with van der Waals surface area (Å²) in [5, 5.41) is 3.52. The number of rotatable bonds is 4. The molecule has 1 N–H and O–H groups in total. The van der Waals surface area contributed by atoms with Gasteiger partial charge in [-0.25, -0.2) is 8.42 Å². The number of fused-ring (bicyclic) bond motifs is 1. The Bertz CT molecular complexity index is 591. The molecule has 1 unspecified atom stereocenters. The van der Waals surface area contributed by atoms with Gasteiger partial charge >= 0.3 is 0 Å². The van der Waals surface area contributed by atoms with E-state index in [1.54, 1.807) is 25.1 Å². The molecule has 0 spiro atoms. The van der Waals surface area contributed by atoms with Gasteiger partial charge in [-0.2, -0.15) is 0 Å². The largest absolute Gasteiger partial charge is 0.310 e. The summed E-state index contributed by atoms with van der Waals surface area (Å²) in [7, 11) is -3.35. The summed E-state index contributed by atoms with van der Waals surface area (Å²) in [4.78, 5) is 0. The van der Waals surface area contributed by atoms with E-state index in [-0.39, 0.29) is 6.04 Å². The number of nitrogens with one attached hydrogen (secondary N) is 1. The Kier molecular flexibility index (Phi) is 4.63. The molecule has 0 aromatic heterocycles. The van der Waals surface area contributed by atoms with Crippen molar-refractivity contribution in [1.82, 2.24) is 5.32 Å². The van der Waals surface area contributed by atoms with Gasteiger partial charge < -0.3 is 5.32 Å². The van der Waals surface area contributed by atoms with E-state index in [0.717, 1.165) is 30.6 Å². The van der Waals surface area contributed by atoms with Crippen molar-refractivity contribution in [2.75, 3.05) is 17.4 Å². The van der Waals surface area contributed by atoms with E-state index in [9.17, 15) is 8.42 Å². The van der Waals surface area contributed by atoms with Crippen LogP contribution in [0.1, 0.15) is 52.1 Å². The molecular weight excluding hydrogens is 284 g/mol. The summed E-state index contributed by atoms with van der Waals surface area (Å²) in [5.74, 6) is 0. The predicted octanol–water partition coefficient (Wildman–Crippen LogP) is 3.07. The Hall–Kier alpha value is -1.07. The van der Waals surface area contributed by atoms with Crippen LogP contribution in [0.2, 0.25) is 0 Å². The lowest BCUT2D eigenvalue weighted by Gasteiger charge is -2.38. The minimum atomic E-state index is -3.35. The molecule has 1 aromatic carbocycles. The maximum atomic E-state index is 12.8. The van der Waals surface area contributed by atoms with Crippen LogP contribution in [-0.2, 0) is 10.0 Å². The number of para-hydroxylation sites is 1. The number of hydrogen-bond donors (Lipinski definition) is 1. The van der Waals surface area contributed by atoms with Crippen LogP contribution in [-0.4, -0.2) is 26.3 Å². The molecule has 5 heteroatoms. The number of nitrogens with zero attached hydrogens (tertiary/aromatic N) is 1. The summed E-state index contributed by atoms with van der Waals surface area (Å²) in [6, 6.07) is 8.08. The molecule has 2 rings (SSSR count). The third-order valence-electron chi connectivity index (χ3n) is 3.91. The van der Waals surface area contributed by atoms with Crippen molar-refractivity contribution in [1.29, 1.82) is 0 Å². The lowest BCUT2D eigenvalue weighted by atomic mass is 9.98. The third kappa shape index (κ3) is 3.09. The van der Waals surface area contributed by atoms with Gasteiger partial charge in [-0.1, -0.05) is 25.1 Å². The van der Waals surface area contributed by atoms with E-state index in [0.29, 0.717) is 6.54 Å². The lowest BCUT2D eigenvalue weighted by Crippen LogP contribution is -2.47. The zero-order valence-corrected chi connectivity index (χ0v) is 14.2. The molecule has 0 aliphatic carbocycles. The highest BCUT2D eigenvalue weighted by atomic mass is 32.2. The predicted molar refractivity (Wildman–Crippen MR) is 88.1 cm³/mol. The van der Waals surface area contributed by atoms with E-state index in [1.165, 1.54) is 0 Å². The molecule has 1 heterocycles. The Morgan fingerprint density at radius 1 is 1.29 bits per heavy atom. The monoisotopic (exact) mass is 310 g/mol. The fourth-order valence-corrected chi connectivity index (χ4v) is 4.07. The van der Waals surface area contributed by atoms with E-state index in [1.807, 2.05) is 24.3 Å². The molecule has 0 amide bonds. The van der Waals surface area contributed by atoms with Gasteiger partial charge in [-0.3, -0.25) is 4.31 Å². The molecule has 1 aliphatic heterocycles. The second kappa shape index (κ2) is 5.97. The molecule has 0 saturated carbocycles. The summed E-state index contributed by atoms with van der Waals surface area (Å²) in [5.41, 5.74) is 1.91. The van der Waals surface area contributed by atoms with Gasteiger partial charge in [0.1, 0.15) is 0 Å². The molecule has 4 nitrogen and oxygen atoms in total. The van der Waals surface area contributed by atoms with Crippen LogP contribution in [0.5, 0.6) is 0 Å². The molecule has 21 heavy (non-hydrogen) atoms. The average molecular weight is 310 g/mol. The second-order valence-corrected chi connectivity index (χ2v) is 9.16. The maximum absolute atomic E-state index is 12.8. The van der Waals surface area contributed by atoms with Gasteiger partial charge in [-0.15, -0.1) is 0 Å². The number of hydrogen-bond acceptors (Lipinski definition) is 3. The van der Waals surface area contributed by atoms with Crippen LogP contribution in [0, 0.1) is 0 Å². The maximum Gasteiger partial charge on any atom is 0.240 e. The smallest absolute Gasteiger partial charge is 0.240 e. The van der Waals surface area contributed by atoms with Crippen LogP contribution < -0.4 is 9.62 Å². The fourth-order valence-electron chi connectivity index (χ4n) is 2.64. The van der Waals surface area contributed by atoms with Gasteiger partial charge in [0.2, 0.25) is 10.0 Å². The van der Waals surface area contributed by atoms with Crippen molar-refractivity contribution >= 4 is 15.7 Å². The van der Waals surface area contributed by atoms with Gasteiger partial charge in [-0.05, 0) is 51.8 Å². The zero-order valence-electron chi connectivity index (χ0n) is 13.4. The minimum Gasteiger partial charge on any atom is -0.310 e. The Morgan fingerprint density at radius 2 is 1.95 bits per heavy atom. The highest BCUT2D eigenvalue weighted by Gasteiger charge is 2.39. The van der Waals surface area contributed by atoms with Crippen LogP contribution in [0.3, 0.4) is 0 Å². The molecule has 1 aliphatic rings. The standard InChI is InChI=1S/C16H26N2O2S/c1-5-11-17-14-10-12-18(21(19,20)16(2,3)4)15-9-7-6-8-13(14)15/h6-9,14,17H,5,10-12H2,1-4H3. The average Bonchev–Trinajstić information content (AvgIpc) is 2.43. The first-order valence-electron chi connectivity index (χ1n) is 7.63. The van der Waals surface area contributed by atoms with Crippen LogP contribution in [0.4, 0.5) is 5.69 Å². The van der Waals surface area contributed by atoms with Crippen molar-refractivity contribution in [3.05, 3.63) is 29.8 Å². The first-order valence-corrected chi connectivity index (χ1v) is 9.07. The molecule has 1 atom stereocenters. The van der Waals surface area contributed by atoms with Crippen LogP contribution in [0.15, 0.2) is 24.3 Å². The van der Waals surface area contributed by atoms with Gasteiger partial charge in [0.25, 0.3) is 0 Å². The zero-order chi connectivity index (χ0) is 15.7. The van der Waals surface area contributed by atoms with E-state index >= 15 is 0 Å². The Morgan fingerprint density at radius 3 is 2.57 bits per heavy atom. The second-order valence-electron chi connectivity index (χ2n) is 6.54. The first kappa shape index (κ1) is 16.3. The minimum absolute atomic E-state index is 0.243. The fraction of sp³-hybridized carbons (Fsp3) is 0.625. The van der Waals surface area contributed by atoms with Crippen molar-refractivity contribution in [3.8, 4) is 0 Å². The Balaban J connectivity index is 2.41. The molecule has 118 valence electrons. The molecule has 0 radical (unpaired) electrons. The summed E-state index contributed by atoms with van der Waals surface area (Å²) < 4.78 is 26.4. The summed E-state index contributed by atoms with van der Waals surface area (Å²) in [6.07, 6.45) is 1.88. The molecule has 0 fully saturated rings. The van der Waals surface area contributed by atoms with Crippen molar-refractivity contribution in [2.45, 2.75) is 51.3 Å². The molecule has 0 bridgehead atoms. The van der Waals surface area contributed by atoms with Crippen LogP contribution >= 0.6 is 0 Å². The van der Waals surface area contributed by atoms with E-state index in [4.69, 9.17) is 0 Å². The normalized spacial score (nSPS) is 19.4. The first-order chi connectivity index (χ1) is 9.79.